The highest BCUT2D eigenvalue weighted by atomic mass is 35.5. The van der Waals surface area contributed by atoms with Gasteiger partial charge < -0.3 is 59.3 Å². The van der Waals surface area contributed by atoms with Gasteiger partial charge in [-0.25, -0.2) is 24.7 Å². The van der Waals surface area contributed by atoms with Crippen molar-refractivity contribution in [3.05, 3.63) is 95.6 Å². The summed E-state index contributed by atoms with van der Waals surface area (Å²) in [6.07, 6.45) is -0.203. The van der Waals surface area contributed by atoms with Crippen molar-refractivity contribution >= 4 is 62.7 Å². The summed E-state index contributed by atoms with van der Waals surface area (Å²) in [6.45, 7) is 16.8. The highest BCUT2D eigenvalue weighted by molar-refractivity contribution is 6.16. The Morgan fingerprint density at radius 1 is 0.667 bits per heavy atom. The molecular weight excluding hydrogens is 1020 g/mol. The van der Waals surface area contributed by atoms with E-state index in [1.807, 2.05) is 93.6 Å². The molecule has 0 spiro atoms. The number of methoxy groups -OCH3 is 6. The number of carbonyl (C=O) groups excluding carboxylic acids is 1. The topological polar surface area (TPSA) is 222 Å². The van der Waals surface area contributed by atoms with Crippen molar-refractivity contribution < 1.29 is 38.0 Å². The molecule has 4 N–H and O–H groups in total. The summed E-state index contributed by atoms with van der Waals surface area (Å²) in [5, 5.41) is 24.5. The number of nitrogens with one attached hydrogen (secondary N) is 4. The second-order valence-electron chi connectivity index (χ2n) is 19.7. The molecule has 2 aliphatic rings. The molecule has 4 aromatic heterocycles. The van der Waals surface area contributed by atoms with E-state index in [0.717, 1.165) is 89.7 Å². The number of fused-ring (bicyclic) bond motifs is 6. The number of halogens is 1. The Bertz CT molecular complexity index is 3290. The number of nitrogens with zero attached hydrogens (tertiary/aromatic N) is 10. The zero-order valence-electron chi connectivity index (χ0n) is 46.3. The van der Waals surface area contributed by atoms with Crippen LogP contribution in [0, 0.1) is 0 Å². The van der Waals surface area contributed by atoms with Crippen molar-refractivity contribution in [1.29, 1.82) is 0 Å². The molecule has 8 aromatic rings. The van der Waals surface area contributed by atoms with Gasteiger partial charge in [0.1, 0.15) is 51.1 Å². The zero-order valence-corrected chi connectivity index (χ0v) is 47.0. The fraction of sp³-hybridized carbons (Fsp3) is 0.436. The molecule has 0 aliphatic carbocycles. The number of benzene rings is 4. The van der Waals surface area contributed by atoms with Crippen molar-refractivity contribution in [2.24, 2.45) is 0 Å². The Morgan fingerprint density at radius 2 is 1.17 bits per heavy atom. The van der Waals surface area contributed by atoms with E-state index >= 15 is 0 Å². The molecular formula is C55H71ClN14O8. The molecule has 2 fully saturated rings. The van der Waals surface area contributed by atoms with Gasteiger partial charge >= 0.3 is 6.09 Å². The maximum Gasteiger partial charge on any atom is 0.410 e. The molecule has 23 heteroatoms. The van der Waals surface area contributed by atoms with Crippen molar-refractivity contribution in [3.63, 3.8) is 0 Å². The lowest BCUT2D eigenvalue weighted by Crippen LogP contribution is -2.52. The summed E-state index contributed by atoms with van der Waals surface area (Å²) >= 11 is 5.97. The average molecular weight is 1090 g/mol. The van der Waals surface area contributed by atoms with Crippen LogP contribution in [0.5, 0.6) is 34.5 Å². The van der Waals surface area contributed by atoms with Crippen LogP contribution in [0.3, 0.4) is 0 Å². The maximum absolute atomic E-state index is 11.6. The number of hydrogen-bond acceptors (Lipinski definition) is 19. The number of rotatable bonds is 15. The van der Waals surface area contributed by atoms with E-state index < -0.39 is 5.60 Å². The van der Waals surface area contributed by atoms with Gasteiger partial charge in [0.25, 0.3) is 0 Å². The molecule has 10 rings (SSSR count). The van der Waals surface area contributed by atoms with Gasteiger partial charge in [0.15, 0.2) is 22.9 Å². The van der Waals surface area contributed by atoms with E-state index in [9.17, 15) is 4.79 Å². The molecule has 2 aliphatic heterocycles. The lowest BCUT2D eigenvalue weighted by Gasteiger charge is -2.33. The number of carbonyl (C=O) groups is 1. The standard InChI is InChI=1S/C25H31N7O3.C20H20ClN5O3.C10H20N2O2/c1-16-13-26-8-9-31(16)15-22-28-24-20-6-5-7-21(35-4)23(20)29-25(32(24)30-22)27-14-17-10-18(33-2)12-19(11-17)34-3;1-27-13-7-12(8-14(9-13)28-2)11-22-20-24-18-15(5-4-6-16(18)29-3)19-23-17(10-21)25-26(19)20;1-8-7-12(6-5-11-8)9(13)14-10(2,3)4/h5-7,10-12,16,26H,8-9,13-15H2,1-4H3,(H,27,29);4-9H,10-11H2,1-3H3,(H,22,24);8,11H,5-7H2,1-4H3/t16-;;8-/m1.0/s1. The Morgan fingerprint density at radius 3 is 1.62 bits per heavy atom. The fourth-order valence-electron chi connectivity index (χ4n) is 9.00. The van der Waals surface area contributed by atoms with Gasteiger partial charge in [-0.2, -0.15) is 9.03 Å². The third-order valence-electron chi connectivity index (χ3n) is 12.9. The largest absolute Gasteiger partial charge is 0.497 e. The average Bonchev–Trinajstić information content (AvgIpc) is 4.23. The number of aromatic nitrogens is 8. The van der Waals surface area contributed by atoms with Crippen molar-refractivity contribution in [1.82, 2.24) is 59.6 Å². The molecule has 416 valence electrons. The maximum atomic E-state index is 11.6. The number of ether oxygens (including phenoxy) is 7. The van der Waals surface area contributed by atoms with E-state index in [4.69, 9.17) is 64.8 Å². The Labute approximate surface area is 459 Å². The molecule has 6 heterocycles. The van der Waals surface area contributed by atoms with E-state index in [1.165, 1.54) is 0 Å². The summed E-state index contributed by atoms with van der Waals surface area (Å²) in [7, 11) is 9.79. The van der Waals surface area contributed by atoms with E-state index in [-0.39, 0.29) is 12.0 Å². The van der Waals surface area contributed by atoms with Gasteiger partial charge in [-0.3, -0.25) is 4.90 Å². The minimum absolute atomic E-state index is 0.203. The molecule has 2 saturated heterocycles. The number of hydrogen-bond donors (Lipinski definition) is 4. The van der Waals surface area contributed by atoms with Gasteiger partial charge in [-0.1, -0.05) is 12.1 Å². The molecule has 22 nitrogen and oxygen atoms in total. The third kappa shape index (κ3) is 13.7. The quantitative estimate of drug-likeness (QED) is 0.0727. The summed E-state index contributed by atoms with van der Waals surface area (Å²) in [5.74, 6) is 6.85. The second kappa shape index (κ2) is 25.7. The Balaban J connectivity index is 0.000000168. The normalized spacial score (nSPS) is 15.7. The Kier molecular flexibility index (Phi) is 18.6. The number of para-hydroxylation sites is 2. The summed E-state index contributed by atoms with van der Waals surface area (Å²) in [6, 6.07) is 23.8. The first-order valence-electron chi connectivity index (χ1n) is 25.7. The first-order valence-corrected chi connectivity index (χ1v) is 26.3. The lowest BCUT2D eigenvalue weighted by atomic mass is 10.2. The molecule has 4 aromatic carbocycles. The van der Waals surface area contributed by atoms with Crippen LogP contribution in [0.25, 0.3) is 33.1 Å². The first-order chi connectivity index (χ1) is 37.6. The molecule has 0 unspecified atom stereocenters. The zero-order chi connectivity index (χ0) is 55.5. The lowest BCUT2D eigenvalue weighted by molar-refractivity contribution is 0.0201. The highest BCUT2D eigenvalue weighted by Gasteiger charge is 2.26. The van der Waals surface area contributed by atoms with Crippen LogP contribution in [-0.4, -0.2) is 155 Å². The van der Waals surface area contributed by atoms with Crippen LogP contribution in [0.1, 0.15) is 57.4 Å². The van der Waals surface area contributed by atoms with Crippen molar-refractivity contribution in [2.45, 2.75) is 77.8 Å². The number of alkyl halides is 1. The van der Waals surface area contributed by atoms with Crippen molar-refractivity contribution in [2.75, 3.05) is 92.6 Å². The smallest absolute Gasteiger partial charge is 0.410 e. The van der Waals surface area contributed by atoms with E-state index in [1.54, 1.807) is 56.6 Å². The first kappa shape index (κ1) is 56.5. The monoisotopic (exact) mass is 1090 g/mol. The minimum atomic E-state index is -0.398. The van der Waals surface area contributed by atoms with Gasteiger partial charge in [0.05, 0.1) is 55.1 Å². The van der Waals surface area contributed by atoms with Crippen LogP contribution in [0.2, 0.25) is 0 Å². The van der Waals surface area contributed by atoms with Crippen LogP contribution in [0.4, 0.5) is 16.7 Å². The fourth-order valence-corrected chi connectivity index (χ4v) is 9.11. The van der Waals surface area contributed by atoms with Gasteiger partial charge in [-0.05, 0) is 94.3 Å². The van der Waals surface area contributed by atoms with Crippen LogP contribution in [0.15, 0.2) is 72.8 Å². The predicted molar refractivity (Wildman–Crippen MR) is 301 cm³/mol. The second-order valence-corrected chi connectivity index (χ2v) is 20.0. The SMILES string of the molecule is COc1cc(CNc2nc3c(OC)cccc3c3nc(CCl)nn23)cc(OC)c1.COc1cc(CNc2nc3c(OC)cccc3c3nc(CN4CCNC[C@H]4C)nn23)cc(OC)c1.C[C@H]1CN(C(=O)OC(C)(C)C)CCN1. The molecule has 78 heavy (non-hydrogen) atoms. The molecule has 1 amide bonds. The third-order valence-corrected chi connectivity index (χ3v) is 13.1. The van der Waals surface area contributed by atoms with Gasteiger partial charge in [0.2, 0.25) is 11.9 Å². The number of amides is 1. The van der Waals surface area contributed by atoms with Crippen LogP contribution < -0.4 is 49.7 Å². The number of anilines is 2. The van der Waals surface area contributed by atoms with Crippen molar-refractivity contribution in [3.8, 4) is 34.5 Å². The molecule has 0 radical (unpaired) electrons. The van der Waals surface area contributed by atoms with E-state index in [0.29, 0.717) is 83.6 Å². The van der Waals surface area contributed by atoms with Gasteiger partial charge in [0, 0.05) is 87.3 Å². The number of piperazine rings is 2. The summed E-state index contributed by atoms with van der Waals surface area (Å²) in [5.41, 5.74) is 4.41. The predicted octanol–water partition coefficient (Wildman–Crippen LogP) is 7.58. The highest BCUT2D eigenvalue weighted by Crippen LogP contribution is 2.32. The summed E-state index contributed by atoms with van der Waals surface area (Å²) in [4.78, 5) is 34.9. The minimum Gasteiger partial charge on any atom is -0.497 e. The molecule has 0 bridgehead atoms. The van der Waals surface area contributed by atoms with Crippen LogP contribution in [-0.2, 0) is 30.3 Å². The summed E-state index contributed by atoms with van der Waals surface area (Å²) < 4.78 is 41.3. The van der Waals surface area contributed by atoms with E-state index in [2.05, 4.69) is 50.1 Å². The van der Waals surface area contributed by atoms with Crippen LogP contribution >= 0.6 is 11.6 Å². The Hall–Kier alpha value is -7.66. The molecule has 2 atom stereocenters. The molecule has 0 saturated carbocycles. The van der Waals surface area contributed by atoms with Gasteiger partial charge in [-0.15, -0.1) is 21.8 Å².